The molecule has 0 aliphatic heterocycles. The smallest absolute Gasteiger partial charge is 0.329 e. The zero-order valence-electron chi connectivity index (χ0n) is 13.2. The third kappa shape index (κ3) is 42.8. The number of unbranched alkanes of at least 4 members (excludes halogenated alkanes) is 7. The summed E-state index contributed by atoms with van der Waals surface area (Å²) in [6.45, 7) is 0.153. The van der Waals surface area contributed by atoms with Crippen molar-refractivity contribution in [3.8, 4) is 0 Å². The quantitative estimate of drug-likeness (QED) is 0.292. The number of aliphatic hydroxyl groups is 2. The van der Waals surface area contributed by atoms with E-state index in [9.17, 15) is 0 Å². The molecule has 0 atom stereocenters. The molecule has 0 bridgehead atoms. The van der Waals surface area contributed by atoms with Crippen LogP contribution in [0.25, 0.3) is 0 Å². The number of carboxylic acid groups (broad SMARTS) is 2. The highest BCUT2D eigenvalue weighted by Gasteiger charge is 1.90. The molecule has 22 heavy (non-hydrogen) atoms. The Morgan fingerprint density at radius 2 is 0.773 bits per heavy atom. The van der Waals surface area contributed by atoms with Crippen LogP contribution in [0, 0.1) is 0 Å². The lowest BCUT2D eigenvalue weighted by atomic mass is 10.1. The van der Waals surface area contributed by atoms with Gasteiger partial charge >= 0.3 is 11.9 Å². The average Bonchev–Trinajstić information content (AvgIpc) is 2.51. The molecule has 134 valence electrons. The van der Waals surface area contributed by atoms with E-state index in [1.807, 2.05) is 0 Å². The molecule has 0 aromatic heterocycles. The topological polar surface area (TPSA) is 167 Å². The predicted molar refractivity (Wildman–Crippen MR) is 84.5 cm³/mol. The maximum Gasteiger partial charge on any atom is 0.329 e. The van der Waals surface area contributed by atoms with Crippen molar-refractivity contribution in [2.75, 3.05) is 26.3 Å². The molecule has 0 radical (unpaired) electrons. The van der Waals surface area contributed by atoms with Crippen LogP contribution < -0.4 is 11.5 Å². The van der Waals surface area contributed by atoms with Gasteiger partial charge in [0.25, 0.3) is 0 Å². The molecule has 0 aromatic carbocycles. The minimum absolute atomic E-state index is 0.778. The summed E-state index contributed by atoms with van der Waals surface area (Å²) in [5.41, 5.74) is 10.8. The molecule has 0 fully saturated rings. The van der Waals surface area contributed by atoms with E-state index in [2.05, 4.69) is 0 Å². The summed E-state index contributed by atoms with van der Waals surface area (Å²) in [5, 5.41) is 30.0. The molecular formula is C14H32N2O6. The van der Waals surface area contributed by atoms with Crippen molar-refractivity contribution in [1.82, 2.24) is 0 Å². The van der Waals surface area contributed by atoms with Gasteiger partial charge in [0.15, 0.2) is 0 Å². The van der Waals surface area contributed by atoms with E-state index < -0.39 is 25.2 Å². The van der Waals surface area contributed by atoms with Crippen LogP contribution in [0.5, 0.6) is 0 Å². The van der Waals surface area contributed by atoms with Gasteiger partial charge in [0.2, 0.25) is 0 Å². The molecule has 8 heteroatoms. The second kappa shape index (κ2) is 24.8. The van der Waals surface area contributed by atoms with Crippen LogP contribution >= 0.6 is 0 Å². The van der Waals surface area contributed by atoms with Gasteiger partial charge in [-0.25, -0.2) is 9.59 Å². The molecule has 0 heterocycles. The van der Waals surface area contributed by atoms with Gasteiger partial charge in [-0.15, -0.1) is 0 Å². The standard InChI is InChI=1S/C10H24N2.2C2H4O3/c11-9-7-5-3-1-2-4-6-8-10-12;2*3-1-2(4)5/h1-12H2;2*3H,1H2,(H,4,5). The first kappa shape index (κ1) is 25.7. The van der Waals surface area contributed by atoms with E-state index in [0.29, 0.717) is 0 Å². The van der Waals surface area contributed by atoms with Crippen molar-refractivity contribution in [3.05, 3.63) is 0 Å². The molecular weight excluding hydrogens is 292 g/mol. The van der Waals surface area contributed by atoms with E-state index in [1.165, 1.54) is 51.4 Å². The molecule has 0 rings (SSSR count). The van der Waals surface area contributed by atoms with Crippen molar-refractivity contribution in [1.29, 1.82) is 0 Å². The molecule has 0 saturated heterocycles. The predicted octanol–water partition coefficient (Wildman–Crippen LogP) is 0.151. The Labute approximate surface area is 132 Å². The number of aliphatic carboxylic acids is 2. The van der Waals surface area contributed by atoms with Crippen LogP contribution in [-0.4, -0.2) is 58.7 Å². The van der Waals surface area contributed by atoms with E-state index in [1.54, 1.807) is 0 Å². The highest BCUT2D eigenvalue weighted by molar-refractivity contribution is 5.67. The summed E-state index contributed by atoms with van der Waals surface area (Å²) in [7, 11) is 0. The van der Waals surface area contributed by atoms with Crippen LogP contribution in [0.1, 0.15) is 51.4 Å². The normalized spacial score (nSPS) is 9.09. The number of aliphatic hydroxyl groups excluding tert-OH is 2. The lowest BCUT2D eigenvalue weighted by Crippen LogP contribution is -1.98. The van der Waals surface area contributed by atoms with Crippen molar-refractivity contribution < 1.29 is 30.0 Å². The van der Waals surface area contributed by atoms with Gasteiger partial charge in [0.1, 0.15) is 13.2 Å². The Balaban J connectivity index is -0.000000298. The summed E-state index contributed by atoms with van der Waals surface area (Å²) in [6.07, 6.45) is 10.5. The molecule has 0 aliphatic rings. The van der Waals surface area contributed by atoms with Gasteiger partial charge in [-0.3, -0.25) is 0 Å². The summed E-state index contributed by atoms with van der Waals surface area (Å²) in [6, 6.07) is 0. The number of carboxylic acids is 2. The maximum absolute atomic E-state index is 9.12. The molecule has 0 aliphatic carbocycles. The first-order valence-corrected chi connectivity index (χ1v) is 7.51. The van der Waals surface area contributed by atoms with Crippen LogP contribution in [0.3, 0.4) is 0 Å². The summed E-state index contributed by atoms with van der Waals surface area (Å²) in [4.78, 5) is 18.2. The van der Waals surface area contributed by atoms with Crippen molar-refractivity contribution in [2.45, 2.75) is 51.4 Å². The van der Waals surface area contributed by atoms with E-state index in [0.717, 1.165) is 13.1 Å². The second-order valence-electron chi connectivity index (χ2n) is 4.51. The van der Waals surface area contributed by atoms with Crippen LogP contribution in [0.15, 0.2) is 0 Å². The van der Waals surface area contributed by atoms with Gasteiger partial charge < -0.3 is 31.9 Å². The number of nitrogens with two attached hydrogens (primary N) is 2. The number of hydrogen-bond acceptors (Lipinski definition) is 6. The van der Waals surface area contributed by atoms with E-state index >= 15 is 0 Å². The Kier molecular flexibility index (Phi) is 29.0. The van der Waals surface area contributed by atoms with Gasteiger partial charge in [-0.05, 0) is 25.9 Å². The summed E-state index contributed by atoms with van der Waals surface area (Å²) < 4.78 is 0. The van der Waals surface area contributed by atoms with Crippen LogP contribution in [0.4, 0.5) is 0 Å². The van der Waals surface area contributed by atoms with E-state index in [4.69, 9.17) is 41.5 Å². The Morgan fingerprint density at radius 3 is 0.909 bits per heavy atom. The summed E-state index contributed by atoms with van der Waals surface area (Å²) >= 11 is 0. The molecule has 0 aromatic rings. The molecule has 8 N–H and O–H groups in total. The van der Waals surface area contributed by atoms with Crippen LogP contribution in [0.2, 0.25) is 0 Å². The highest BCUT2D eigenvalue weighted by atomic mass is 16.4. The molecule has 0 unspecified atom stereocenters. The number of carbonyl (C=O) groups is 2. The van der Waals surface area contributed by atoms with Gasteiger partial charge in [0.05, 0.1) is 0 Å². The largest absolute Gasteiger partial charge is 0.480 e. The zero-order chi connectivity index (χ0) is 17.6. The minimum atomic E-state index is -1.19. The number of rotatable bonds is 11. The molecule has 0 amide bonds. The fraction of sp³-hybridized carbons (Fsp3) is 0.857. The van der Waals surface area contributed by atoms with Crippen molar-refractivity contribution in [2.24, 2.45) is 11.5 Å². The van der Waals surface area contributed by atoms with Crippen molar-refractivity contribution in [3.63, 3.8) is 0 Å². The lowest BCUT2D eigenvalue weighted by molar-refractivity contribution is -0.141. The molecule has 0 saturated carbocycles. The first-order chi connectivity index (χ1) is 10.5. The highest BCUT2D eigenvalue weighted by Crippen LogP contribution is 2.07. The fourth-order valence-corrected chi connectivity index (χ4v) is 1.35. The Hall–Kier alpha value is -1.22. The number of hydrogen-bond donors (Lipinski definition) is 6. The summed E-state index contributed by atoms with van der Waals surface area (Å²) in [5.74, 6) is -2.38. The molecule has 0 spiro atoms. The van der Waals surface area contributed by atoms with Gasteiger partial charge in [-0.2, -0.15) is 0 Å². The maximum atomic E-state index is 9.12. The SMILES string of the molecule is NCCCCCCCCCCN.O=C(O)CO.O=C(O)CO. The molecule has 8 nitrogen and oxygen atoms in total. The lowest BCUT2D eigenvalue weighted by Gasteiger charge is -2.00. The monoisotopic (exact) mass is 324 g/mol. The Bertz CT molecular complexity index is 215. The van der Waals surface area contributed by atoms with E-state index in [-0.39, 0.29) is 0 Å². The van der Waals surface area contributed by atoms with Gasteiger partial charge in [0, 0.05) is 0 Å². The Morgan fingerprint density at radius 1 is 0.591 bits per heavy atom. The third-order valence-electron chi connectivity index (χ3n) is 2.43. The fourth-order valence-electron chi connectivity index (χ4n) is 1.35. The van der Waals surface area contributed by atoms with Crippen LogP contribution in [-0.2, 0) is 9.59 Å². The van der Waals surface area contributed by atoms with Crippen molar-refractivity contribution >= 4 is 11.9 Å². The third-order valence-corrected chi connectivity index (χ3v) is 2.43. The first-order valence-electron chi connectivity index (χ1n) is 7.51. The average molecular weight is 324 g/mol. The zero-order valence-corrected chi connectivity index (χ0v) is 13.2. The minimum Gasteiger partial charge on any atom is -0.480 e. The second-order valence-corrected chi connectivity index (χ2v) is 4.51. The van der Waals surface area contributed by atoms with Gasteiger partial charge in [-0.1, -0.05) is 38.5 Å².